The van der Waals surface area contributed by atoms with Gasteiger partial charge in [0.05, 0.1) is 5.69 Å². The van der Waals surface area contributed by atoms with Crippen LogP contribution < -0.4 is 0 Å². The highest BCUT2D eigenvalue weighted by atomic mass is 32.1. The topological polar surface area (TPSA) is 38.9 Å². The van der Waals surface area contributed by atoms with Gasteiger partial charge in [-0.2, -0.15) is 0 Å². The van der Waals surface area contributed by atoms with E-state index in [2.05, 4.69) is 152 Å². The number of furan rings is 1. The van der Waals surface area contributed by atoms with Crippen LogP contribution in [0.2, 0.25) is 0 Å². The van der Waals surface area contributed by atoms with Crippen LogP contribution in [0, 0.1) is 0 Å². The molecule has 234 valence electrons. The van der Waals surface area contributed by atoms with Crippen molar-refractivity contribution in [2.45, 2.75) is 0 Å². The molecule has 0 spiro atoms. The van der Waals surface area contributed by atoms with Gasteiger partial charge in [0.15, 0.2) is 5.82 Å². The molecule has 0 aliphatic rings. The summed E-state index contributed by atoms with van der Waals surface area (Å²) in [6, 6.07) is 59.7. The van der Waals surface area contributed by atoms with E-state index in [-0.39, 0.29) is 0 Å². The number of hydrogen-bond acceptors (Lipinski definition) is 4. The van der Waals surface area contributed by atoms with Crippen molar-refractivity contribution < 1.29 is 4.42 Å². The molecular weight excluding hydrogens is 629 g/mol. The van der Waals surface area contributed by atoms with Crippen molar-refractivity contribution in [3.63, 3.8) is 0 Å². The Morgan fingerprint density at radius 3 is 1.84 bits per heavy atom. The molecule has 50 heavy (non-hydrogen) atoms. The van der Waals surface area contributed by atoms with E-state index in [0.29, 0.717) is 0 Å². The molecule has 10 aromatic rings. The van der Waals surface area contributed by atoms with Gasteiger partial charge in [0, 0.05) is 42.9 Å². The van der Waals surface area contributed by atoms with Crippen molar-refractivity contribution in [2.75, 3.05) is 0 Å². The van der Waals surface area contributed by atoms with Gasteiger partial charge in [-0.1, -0.05) is 146 Å². The van der Waals surface area contributed by atoms with Crippen LogP contribution >= 0.6 is 11.3 Å². The fraction of sp³-hybridized carbons (Fsp3) is 0. The predicted molar refractivity (Wildman–Crippen MR) is 209 cm³/mol. The Morgan fingerprint density at radius 1 is 0.420 bits per heavy atom. The first-order chi connectivity index (χ1) is 24.8. The summed E-state index contributed by atoms with van der Waals surface area (Å²) in [4.78, 5) is 11.4. The Labute approximate surface area is 292 Å². The summed E-state index contributed by atoms with van der Waals surface area (Å²) in [5.41, 5.74) is 11.7. The smallest absolute Gasteiger partial charge is 0.161 e. The maximum Gasteiger partial charge on any atom is 0.161 e. The Hall–Kier alpha value is -6.36. The second kappa shape index (κ2) is 11.7. The predicted octanol–water partition coefficient (Wildman–Crippen LogP) is 13.1. The van der Waals surface area contributed by atoms with Crippen molar-refractivity contribution in [2.24, 2.45) is 0 Å². The number of hydrogen-bond donors (Lipinski definition) is 0. The highest BCUT2D eigenvalue weighted by Crippen LogP contribution is 2.40. The number of thiophene rings is 1. The minimum absolute atomic E-state index is 0.732. The van der Waals surface area contributed by atoms with Gasteiger partial charge in [-0.25, -0.2) is 9.97 Å². The van der Waals surface area contributed by atoms with Gasteiger partial charge in [0.2, 0.25) is 0 Å². The average Bonchev–Trinajstić information content (AvgIpc) is 3.77. The van der Waals surface area contributed by atoms with E-state index >= 15 is 0 Å². The summed E-state index contributed by atoms with van der Waals surface area (Å²) >= 11 is 1.72. The number of rotatable bonds is 5. The molecule has 0 saturated heterocycles. The van der Waals surface area contributed by atoms with E-state index < -0.39 is 0 Å². The molecule has 0 unspecified atom stereocenters. The van der Waals surface area contributed by atoms with Crippen LogP contribution in [0.3, 0.4) is 0 Å². The van der Waals surface area contributed by atoms with Crippen LogP contribution in [-0.2, 0) is 0 Å². The Bertz CT molecular complexity index is 2870. The second-order valence-electron chi connectivity index (χ2n) is 12.6. The van der Waals surface area contributed by atoms with Crippen LogP contribution in [0.4, 0.5) is 0 Å². The Balaban J connectivity index is 1.01. The normalized spacial score (nSPS) is 11.6. The molecule has 0 fully saturated rings. The SMILES string of the molecule is c1ccc(-c2nc(-c3cccc(-c4cccc(-c5ccc(-c6cccc7c6oc6ccccc67)cc5)c4)c3)nc3sc4ccccc4c23)cc1. The molecule has 7 aromatic carbocycles. The second-order valence-corrected chi connectivity index (χ2v) is 13.6. The molecule has 0 N–H and O–H groups in total. The van der Waals surface area contributed by atoms with Crippen LogP contribution in [-0.4, -0.2) is 9.97 Å². The first-order valence-corrected chi connectivity index (χ1v) is 17.6. The van der Waals surface area contributed by atoms with Gasteiger partial charge in [0.25, 0.3) is 0 Å². The lowest BCUT2D eigenvalue weighted by molar-refractivity contribution is 0.670. The van der Waals surface area contributed by atoms with Gasteiger partial charge in [0.1, 0.15) is 16.0 Å². The van der Waals surface area contributed by atoms with Crippen molar-refractivity contribution in [3.05, 3.63) is 170 Å². The molecule has 0 radical (unpaired) electrons. The summed E-state index contributed by atoms with van der Waals surface area (Å²) in [6.07, 6.45) is 0. The molecule has 0 saturated carbocycles. The van der Waals surface area contributed by atoms with E-state index in [1.54, 1.807) is 11.3 Å². The van der Waals surface area contributed by atoms with E-state index in [1.165, 1.54) is 10.1 Å². The summed E-state index contributed by atoms with van der Waals surface area (Å²) in [5.74, 6) is 0.732. The fourth-order valence-electron chi connectivity index (χ4n) is 7.09. The minimum Gasteiger partial charge on any atom is -0.455 e. The maximum absolute atomic E-state index is 6.31. The third-order valence-electron chi connectivity index (χ3n) is 9.54. The number of aromatic nitrogens is 2. The molecule has 3 heterocycles. The van der Waals surface area contributed by atoms with Gasteiger partial charge >= 0.3 is 0 Å². The molecule has 4 heteroatoms. The lowest BCUT2D eigenvalue weighted by Crippen LogP contribution is -1.94. The molecule has 3 nitrogen and oxygen atoms in total. The lowest BCUT2D eigenvalue weighted by atomic mass is 9.96. The molecule has 0 amide bonds. The first-order valence-electron chi connectivity index (χ1n) is 16.7. The van der Waals surface area contributed by atoms with Gasteiger partial charge in [-0.3, -0.25) is 0 Å². The zero-order valence-electron chi connectivity index (χ0n) is 26.9. The Kier molecular flexibility index (Phi) is 6.68. The van der Waals surface area contributed by atoms with Crippen LogP contribution in [0.1, 0.15) is 0 Å². The van der Waals surface area contributed by atoms with Crippen LogP contribution in [0.25, 0.3) is 98.3 Å². The number of para-hydroxylation sites is 2. The van der Waals surface area contributed by atoms with Crippen molar-refractivity contribution in [1.82, 2.24) is 9.97 Å². The van der Waals surface area contributed by atoms with Crippen molar-refractivity contribution in [3.8, 4) is 56.0 Å². The monoisotopic (exact) mass is 656 g/mol. The third kappa shape index (κ3) is 4.80. The standard InChI is InChI=1S/C46H28N2OS/c1-2-11-31(12-3-1)43-42-39-18-5-7-22-41(39)50-46(42)48-45(47-43)35-16-9-15-34(28-35)33-14-8-13-32(27-33)29-23-25-30(26-24-29)36-19-10-20-38-37-17-4-6-21-40(37)49-44(36)38/h1-28H. The van der Waals surface area contributed by atoms with Crippen molar-refractivity contribution in [1.29, 1.82) is 0 Å². The summed E-state index contributed by atoms with van der Waals surface area (Å²) in [5, 5.41) is 4.60. The molecule has 0 aliphatic carbocycles. The highest BCUT2D eigenvalue weighted by Gasteiger charge is 2.17. The van der Waals surface area contributed by atoms with Crippen molar-refractivity contribution >= 4 is 53.6 Å². The quantitative estimate of drug-likeness (QED) is 0.185. The average molecular weight is 657 g/mol. The largest absolute Gasteiger partial charge is 0.455 e. The lowest BCUT2D eigenvalue weighted by Gasteiger charge is -2.10. The maximum atomic E-state index is 6.31. The van der Waals surface area contributed by atoms with Crippen LogP contribution in [0.15, 0.2) is 174 Å². The van der Waals surface area contributed by atoms with E-state index in [1.807, 2.05) is 18.2 Å². The van der Waals surface area contributed by atoms with Gasteiger partial charge < -0.3 is 4.42 Å². The van der Waals surface area contributed by atoms with E-state index in [4.69, 9.17) is 14.4 Å². The molecule has 0 aliphatic heterocycles. The molecule has 0 atom stereocenters. The minimum atomic E-state index is 0.732. The molecule has 0 bridgehead atoms. The highest BCUT2D eigenvalue weighted by molar-refractivity contribution is 7.25. The first kappa shape index (κ1) is 28.6. The van der Waals surface area contributed by atoms with Gasteiger partial charge in [-0.05, 0) is 52.1 Å². The third-order valence-corrected chi connectivity index (χ3v) is 10.6. The van der Waals surface area contributed by atoms with E-state index in [9.17, 15) is 0 Å². The zero-order valence-corrected chi connectivity index (χ0v) is 27.7. The summed E-state index contributed by atoms with van der Waals surface area (Å²) in [6.45, 7) is 0. The van der Waals surface area contributed by atoms with E-state index in [0.717, 1.165) is 88.2 Å². The number of benzene rings is 7. The summed E-state index contributed by atoms with van der Waals surface area (Å²) in [7, 11) is 0. The molecular formula is C46H28N2OS. The van der Waals surface area contributed by atoms with Crippen LogP contribution in [0.5, 0.6) is 0 Å². The summed E-state index contributed by atoms with van der Waals surface area (Å²) < 4.78 is 7.53. The number of nitrogens with zero attached hydrogens (tertiary/aromatic N) is 2. The number of fused-ring (bicyclic) bond motifs is 6. The molecule has 3 aromatic heterocycles. The fourth-order valence-corrected chi connectivity index (χ4v) is 8.17. The molecule has 10 rings (SSSR count). The van der Waals surface area contributed by atoms with Gasteiger partial charge in [-0.15, -0.1) is 11.3 Å². The Morgan fingerprint density at radius 2 is 1.02 bits per heavy atom. The zero-order chi connectivity index (χ0) is 33.0.